The summed E-state index contributed by atoms with van der Waals surface area (Å²) in [5.74, 6) is 0.498. The number of aryl methyl sites for hydroxylation is 4. The zero-order valence-corrected chi connectivity index (χ0v) is 17.2. The lowest BCUT2D eigenvalue weighted by atomic mass is 10.0. The number of hydrogen-bond acceptors (Lipinski definition) is 5. The molecule has 27 heavy (non-hydrogen) atoms. The third-order valence-electron chi connectivity index (χ3n) is 5.03. The molecule has 3 aromatic rings. The summed E-state index contributed by atoms with van der Waals surface area (Å²) in [7, 11) is 1.61. The first-order valence-electron chi connectivity index (χ1n) is 8.92. The van der Waals surface area contributed by atoms with E-state index in [0.717, 1.165) is 26.4 Å². The monoisotopic (exact) mass is 384 g/mol. The lowest BCUT2D eigenvalue weighted by Crippen LogP contribution is -2.29. The van der Waals surface area contributed by atoms with Gasteiger partial charge in [0.05, 0.1) is 18.5 Å². The number of fused-ring (bicyclic) bond motifs is 1. The minimum absolute atomic E-state index is 0.0162. The second-order valence-corrected chi connectivity index (χ2v) is 8.05. The number of ketones is 1. The molecule has 0 fully saturated rings. The summed E-state index contributed by atoms with van der Waals surface area (Å²) in [5.41, 5.74) is 3.60. The van der Waals surface area contributed by atoms with Gasteiger partial charge in [-0.3, -0.25) is 14.2 Å². The second-order valence-electron chi connectivity index (χ2n) is 6.85. The summed E-state index contributed by atoms with van der Waals surface area (Å²) in [6.07, 6.45) is 0.484. The Morgan fingerprint density at radius 1 is 1.19 bits per heavy atom. The molecule has 0 aliphatic heterocycles. The largest absolute Gasteiger partial charge is 0.384 e. The molecular formula is C21H24N2O3S. The van der Waals surface area contributed by atoms with Gasteiger partial charge in [0.15, 0.2) is 5.78 Å². The van der Waals surface area contributed by atoms with Crippen LogP contribution in [0, 0.1) is 27.7 Å². The van der Waals surface area contributed by atoms with Gasteiger partial charge in [0, 0.05) is 24.0 Å². The van der Waals surface area contributed by atoms with Crippen LogP contribution in [0.2, 0.25) is 0 Å². The van der Waals surface area contributed by atoms with E-state index in [-0.39, 0.29) is 17.9 Å². The zero-order valence-electron chi connectivity index (χ0n) is 16.4. The quantitative estimate of drug-likeness (QED) is 0.607. The lowest BCUT2D eigenvalue weighted by molar-refractivity contribution is 0.0968. The molecule has 0 N–H and O–H groups in total. The predicted molar refractivity (Wildman–Crippen MR) is 109 cm³/mol. The summed E-state index contributed by atoms with van der Waals surface area (Å²) in [6.45, 7) is 8.34. The van der Waals surface area contributed by atoms with E-state index in [4.69, 9.17) is 4.74 Å². The summed E-state index contributed by atoms with van der Waals surface area (Å²) in [5, 5.41) is 0.617. The Balaban J connectivity index is 2.08. The highest BCUT2D eigenvalue weighted by atomic mass is 32.1. The molecule has 2 aromatic heterocycles. The summed E-state index contributed by atoms with van der Waals surface area (Å²) < 4.78 is 6.68. The third kappa shape index (κ3) is 3.73. The number of carbonyl (C=O) groups excluding carboxylic acids is 1. The molecule has 142 valence electrons. The van der Waals surface area contributed by atoms with Gasteiger partial charge in [-0.2, -0.15) is 0 Å². The van der Waals surface area contributed by atoms with Crippen molar-refractivity contribution in [3.63, 3.8) is 0 Å². The number of rotatable bonds is 6. The molecule has 6 heteroatoms. The van der Waals surface area contributed by atoms with Crippen LogP contribution in [0.15, 0.2) is 23.0 Å². The number of thiophene rings is 1. The van der Waals surface area contributed by atoms with Gasteiger partial charge >= 0.3 is 0 Å². The van der Waals surface area contributed by atoms with Crippen LogP contribution in [0.3, 0.4) is 0 Å². The molecule has 1 aromatic carbocycles. The second kappa shape index (κ2) is 7.74. The topological polar surface area (TPSA) is 61.2 Å². The predicted octanol–water partition coefficient (Wildman–Crippen LogP) is 3.76. The molecule has 0 amide bonds. The normalized spacial score (nSPS) is 11.3. The van der Waals surface area contributed by atoms with Crippen molar-refractivity contribution in [1.82, 2.24) is 9.55 Å². The molecule has 0 bridgehead atoms. The number of aromatic nitrogens is 2. The van der Waals surface area contributed by atoms with E-state index < -0.39 is 0 Å². The molecule has 0 atom stereocenters. The van der Waals surface area contributed by atoms with Crippen LogP contribution in [-0.4, -0.2) is 29.1 Å². The van der Waals surface area contributed by atoms with Crippen molar-refractivity contribution in [2.24, 2.45) is 0 Å². The van der Waals surface area contributed by atoms with E-state index in [1.165, 1.54) is 15.9 Å². The fraction of sp³-hybridized carbons (Fsp3) is 0.381. The Labute approximate surface area is 162 Å². The van der Waals surface area contributed by atoms with Crippen LogP contribution in [0.1, 0.15) is 37.7 Å². The maximum Gasteiger partial charge on any atom is 0.262 e. The van der Waals surface area contributed by atoms with Crippen LogP contribution in [0.4, 0.5) is 0 Å². The highest BCUT2D eigenvalue weighted by Gasteiger charge is 2.19. The van der Waals surface area contributed by atoms with Crippen LogP contribution in [0.25, 0.3) is 10.2 Å². The minimum atomic E-state index is -0.148. The van der Waals surface area contributed by atoms with Gasteiger partial charge < -0.3 is 4.74 Å². The van der Waals surface area contributed by atoms with Crippen molar-refractivity contribution in [2.75, 3.05) is 13.7 Å². The number of ether oxygens (including phenoxy) is 1. The highest BCUT2D eigenvalue weighted by Crippen LogP contribution is 2.26. The fourth-order valence-electron chi connectivity index (χ4n) is 3.07. The van der Waals surface area contributed by atoms with Crippen molar-refractivity contribution < 1.29 is 9.53 Å². The zero-order chi connectivity index (χ0) is 19.7. The van der Waals surface area contributed by atoms with Gasteiger partial charge in [-0.05, 0) is 50.5 Å². The molecule has 2 heterocycles. The number of methoxy groups -OCH3 is 1. The van der Waals surface area contributed by atoms with Crippen molar-refractivity contribution in [3.05, 3.63) is 61.5 Å². The van der Waals surface area contributed by atoms with Crippen LogP contribution in [0.5, 0.6) is 0 Å². The van der Waals surface area contributed by atoms with Crippen molar-refractivity contribution in [1.29, 1.82) is 0 Å². The average molecular weight is 385 g/mol. The Bertz CT molecular complexity index is 1080. The number of nitrogens with zero attached hydrogens (tertiary/aromatic N) is 2. The van der Waals surface area contributed by atoms with Crippen molar-refractivity contribution in [3.8, 4) is 0 Å². The highest BCUT2D eigenvalue weighted by molar-refractivity contribution is 7.18. The molecular weight excluding hydrogens is 360 g/mol. The first kappa shape index (κ1) is 19.5. The van der Waals surface area contributed by atoms with E-state index >= 15 is 0 Å². The lowest BCUT2D eigenvalue weighted by Gasteiger charge is -2.12. The van der Waals surface area contributed by atoms with E-state index in [2.05, 4.69) is 4.98 Å². The Hall–Kier alpha value is -2.31. The number of Topliss-reactive ketones (excluding diaryl/α,β-unsaturated/α-hetero) is 1. The summed E-state index contributed by atoms with van der Waals surface area (Å²) >= 11 is 1.52. The first-order chi connectivity index (χ1) is 12.8. The van der Waals surface area contributed by atoms with Gasteiger partial charge in [0.25, 0.3) is 5.56 Å². The molecule has 0 saturated heterocycles. The number of hydrogen-bond donors (Lipinski definition) is 0. The standard InChI is InChI=1S/C21H24N2O3S/c1-12-6-7-16(10-13(12)2)17(24)11-23-18(8-9-26-5)22-20-19(21(23)25)14(3)15(4)27-20/h6-7,10H,8-9,11H2,1-5H3. The molecule has 0 unspecified atom stereocenters. The molecule has 0 saturated carbocycles. The van der Waals surface area contributed by atoms with Gasteiger partial charge in [-0.15, -0.1) is 11.3 Å². The van der Waals surface area contributed by atoms with Gasteiger partial charge in [0.1, 0.15) is 10.7 Å². The van der Waals surface area contributed by atoms with Gasteiger partial charge in [-0.25, -0.2) is 4.98 Å². The Morgan fingerprint density at radius 2 is 1.93 bits per heavy atom. The van der Waals surface area contributed by atoms with E-state index in [9.17, 15) is 9.59 Å². The Kier molecular flexibility index (Phi) is 5.58. The Morgan fingerprint density at radius 3 is 2.59 bits per heavy atom. The maximum absolute atomic E-state index is 13.2. The summed E-state index contributed by atoms with van der Waals surface area (Å²) in [6, 6.07) is 5.63. The molecule has 0 aliphatic rings. The van der Waals surface area contributed by atoms with E-state index in [1.54, 1.807) is 7.11 Å². The van der Waals surface area contributed by atoms with Crippen molar-refractivity contribution >= 4 is 27.3 Å². The molecule has 0 aliphatic carbocycles. The van der Waals surface area contributed by atoms with Crippen LogP contribution in [-0.2, 0) is 17.7 Å². The van der Waals surface area contributed by atoms with Gasteiger partial charge in [-0.1, -0.05) is 12.1 Å². The number of benzene rings is 1. The third-order valence-corrected chi connectivity index (χ3v) is 6.13. The molecule has 0 spiro atoms. The molecule has 3 rings (SSSR count). The fourth-order valence-corrected chi connectivity index (χ4v) is 4.11. The van der Waals surface area contributed by atoms with Gasteiger partial charge in [0.2, 0.25) is 0 Å². The first-order valence-corrected chi connectivity index (χ1v) is 9.74. The minimum Gasteiger partial charge on any atom is -0.384 e. The maximum atomic E-state index is 13.2. The molecule has 0 radical (unpaired) electrons. The van der Waals surface area contributed by atoms with Crippen LogP contribution < -0.4 is 5.56 Å². The SMILES string of the molecule is COCCc1nc2sc(C)c(C)c2c(=O)n1CC(=O)c1ccc(C)c(C)c1. The smallest absolute Gasteiger partial charge is 0.262 e. The average Bonchev–Trinajstić information content (AvgIpc) is 2.92. The molecule has 5 nitrogen and oxygen atoms in total. The summed E-state index contributed by atoms with van der Waals surface area (Å²) in [4.78, 5) is 32.5. The van der Waals surface area contributed by atoms with E-state index in [0.29, 0.717) is 29.8 Å². The number of carbonyl (C=O) groups is 1. The van der Waals surface area contributed by atoms with E-state index in [1.807, 2.05) is 45.9 Å². The van der Waals surface area contributed by atoms with Crippen molar-refractivity contribution in [2.45, 2.75) is 40.7 Å². The van der Waals surface area contributed by atoms with Crippen LogP contribution >= 0.6 is 11.3 Å².